The molecule has 19 heavy (non-hydrogen) atoms. The molecule has 2 aromatic carbocycles. The van der Waals surface area contributed by atoms with E-state index in [1.165, 1.54) is 17.2 Å². The van der Waals surface area contributed by atoms with E-state index in [4.69, 9.17) is 11.6 Å². The van der Waals surface area contributed by atoms with Gasteiger partial charge in [-0.2, -0.15) is 0 Å². The lowest BCUT2D eigenvalue weighted by molar-refractivity contribution is 0.624. The summed E-state index contributed by atoms with van der Waals surface area (Å²) in [6.45, 7) is 6.16. The van der Waals surface area contributed by atoms with Crippen molar-refractivity contribution in [1.82, 2.24) is 0 Å². The number of hydrogen-bond acceptors (Lipinski definition) is 1. The largest absolute Gasteiger partial charge is 0.378 e. The Bertz CT molecular complexity index is 595. The molecule has 0 aliphatic heterocycles. The third kappa shape index (κ3) is 3.07. The van der Waals surface area contributed by atoms with Crippen LogP contribution >= 0.6 is 11.6 Å². The van der Waals surface area contributed by atoms with Crippen LogP contribution in [0.2, 0.25) is 5.02 Å². The van der Waals surface area contributed by atoms with Crippen molar-refractivity contribution in [3.63, 3.8) is 0 Å². The van der Waals surface area contributed by atoms with E-state index in [0.717, 1.165) is 11.3 Å². The summed E-state index contributed by atoms with van der Waals surface area (Å²) in [6.07, 6.45) is 0. The van der Waals surface area contributed by atoms with Gasteiger partial charge in [-0.15, -0.1) is 0 Å². The summed E-state index contributed by atoms with van der Waals surface area (Å²) in [5.74, 6) is -0.381. The second kappa shape index (κ2) is 5.62. The molecule has 1 nitrogen and oxygen atoms in total. The molecule has 0 amide bonds. The molecule has 2 rings (SSSR count). The van der Waals surface area contributed by atoms with Gasteiger partial charge in [-0.3, -0.25) is 0 Å². The lowest BCUT2D eigenvalue weighted by Gasteiger charge is -2.18. The van der Waals surface area contributed by atoms with Crippen molar-refractivity contribution in [1.29, 1.82) is 0 Å². The predicted molar refractivity (Wildman–Crippen MR) is 79.4 cm³/mol. The van der Waals surface area contributed by atoms with Crippen LogP contribution in [0.3, 0.4) is 0 Å². The van der Waals surface area contributed by atoms with Gasteiger partial charge in [0.15, 0.2) is 0 Å². The van der Waals surface area contributed by atoms with E-state index in [0.29, 0.717) is 0 Å². The topological polar surface area (TPSA) is 12.0 Å². The molecule has 2 aromatic rings. The second-order valence-electron chi connectivity index (χ2n) is 4.79. The summed E-state index contributed by atoms with van der Waals surface area (Å²) in [4.78, 5) is 0. The Morgan fingerprint density at radius 2 is 1.89 bits per heavy atom. The molecule has 0 aliphatic carbocycles. The summed E-state index contributed by atoms with van der Waals surface area (Å²) in [7, 11) is 0. The van der Waals surface area contributed by atoms with Gasteiger partial charge in [0, 0.05) is 11.7 Å². The first-order chi connectivity index (χ1) is 8.99. The van der Waals surface area contributed by atoms with Crippen molar-refractivity contribution in [2.45, 2.75) is 26.8 Å². The first-order valence-corrected chi connectivity index (χ1v) is 6.64. The highest BCUT2D eigenvalue weighted by atomic mass is 35.5. The normalized spacial score (nSPS) is 12.3. The zero-order valence-electron chi connectivity index (χ0n) is 11.3. The zero-order chi connectivity index (χ0) is 14.0. The minimum absolute atomic E-state index is 0.0206. The molecule has 0 heterocycles. The maximum Gasteiger partial charge on any atom is 0.142 e. The Morgan fingerprint density at radius 1 is 1.16 bits per heavy atom. The SMILES string of the molecule is Cc1cccc(NC(C)c2ccc(Cl)c(F)c2)c1C. The minimum atomic E-state index is -0.381. The van der Waals surface area contributed by atoms with Gasteiger partial charge in [-0.25, -0.2) is 4.39 Å². The summed E-state index contributed by atoms with van der Waals surface area (Å²) >= 11 is 5.70. The monoisotopic (exact) mass is 277 g/mol. The van der Waals surface area contributed by atoms with Crippen LogP contribution in [0, 0.1) is 19.7 Å². The number of anilines is 1. The molecule has 1 N–H and O–H groups in total. The average molecular weight is 278 g/mol. The lowest BCUT2D eigenvalue weighted by Crippen LogP contribution is -2.08. The standard InChI is InChI=1S/C16H17ClFN/c1-10-5-4-6-16(11(10)2)19-12(3)13-7-8-14(17)15(18)9-13/h4-9,12,19H,1-3H3. The van der Waals surface area contributed by atoms with Gasteiger partial charge in [0.25, 0.3) is 0 Å². The van der Waals surface area contributed by atoms with Crippen LogP contribution in [-0.4, -0.2) is 0 Å². The average Bonchev–Trinajstić information content (AvgIpc) is 2.38. The predicted octanol–water partition coefficient (Wildman–Crippen LogP) is 5.27. The molecule has 1 unspecified atom stereocenters. The molecule has 0 aromatic heterocycles. The molecule has 0 spiro atoms. The fourth-order valence-electron chi connectivity index (χ4n) is 2.01. The van der Waals surface area contributed by atoms with E-state index in [2.05, 4.69) is 25.2 Å². The highest BCUT2D eigenvalue weighted by molar-refractivity contribution is 6.30. The first kappa shape index (κ1) is 13.9. The number of aryl methyl sites for hydroxylation is 1. The molecule has 1 atom stereocenters. The molecule has 0 saturated heterocycles. The molecule has 100 valence electrons. The number of rotatable bonds is 3. The molecule has 3 heteroatoms. The van der Waals surface area contributed by atoms with Crippen molar-refractivity contribution in [2.75, 3.05) is 5.32 Å². The molecular weight excluding hydrogens is 261 g/mol. The Labute approximate surface area is 118 Å². The van der Waals surface area contributed by atoms with Crippen molar-refractivity contribution in [3.8, 4) is 0 Å². The van der Waals surface area contributed by atoms with Crippen LogP contribution in [-0.2, 0) is 0 Å². The third-order valence-electron chi connectivity index (χ3n) is 3.42. The van der Waals surface area contributed by atoms with Crippen molar-refractivity contribution >= 4 is 17.3 Å². The molecule has 0 saturated carbocycles. The van der Waals surface area contributed by atoms with Gasteiger partial charge in [0.2, 0.25) is 0 Å². The van der Waals surface area contributed by atoms with Gasteiger partial charge in [-0.1, -0.05) is 29.8 Å². The maximum atomic E-state index is 13.5. The Morgan fingerprint density at radius 3 is 2.58 bits per heavy atom. The maximum absolute atomic E-state index is 13.5. The molecule has 0 fully saturated rings. The molecule has 0 aliphatic rings. The molecule has 0 radical (unpaired) electrons. The summed E-state index contributed by atoms with van der Waals surface area (Å²) < 4.78 is 13.5. The van der Waals surface area contributed by atoms with E-state index in [-0.39, 0.29) is 16.9 Å². The Balaban J connectivity index is 2.23. The van der Waals surface area contributed by atoms with Crippen molar-refractivity contribution in [2.24, 2.45) is 0 Å². The van der Waals surface area contributed by atoms with Gasteiger partial charge in [0.1, 0.15) is 5.82 Å². The van der Waals surface area contributed by atoms with E-state index < -0.39 is 0 Å². The minimum Gasteiger partial charge on any atom is -0.378 e. The highest BCUT2D eigenvalue weighted by Crippen LogP contribution is 2.25. The van der Waals surface area contributed by atoms with Gasteiger partial charge >= 0.3 is 0 Å². The first-order valence-electron chi connectivity index (χ1n) is 6.26. The summed E-state index contributed by atoms with van der Waals surface area (Å²) in [5, 5.41) is 3.56. The number of hydrogen-bond donors (Lipinski definition) is 1. The van der Waals surface area contributed by atoms with E-state index in [9.17, 15) is 4.39 Å². The van der Waals surface area contributed by atoms with Crippen LogP contribution in [0.25, 0.3) is 0 Å². The van der Waals surface area contributed by atoms with Crippen molar-refractivity contribution in [3.05, 3.63) is 63.9 Å². The molecular formula is C16H17ClFN. The van der Waals surface area contributed by atoms with Crippen LogP contribution in [0.1, 0.15) is 29.7 Å². The van der Waals surface area contributed by atoms with E-state index in [1.54, 1.807) is 6.07 Å². The quantitative estimate of drug-likeness (QED) is 0.806. The summed E-state index contributed by atoms with van der Waals surface area (Å²) in [5.41, 5.74) is 4.40. The van der Waals surface area contributed by atoms with E-state index in [1.807, 2.05) is 25.1 Å². The second-order valence-corrected chi connectivity index (χ2v) is 5.19. The smallest absolute Gasteiger partial charge is 0.142 e. The van der Waals surface area contributed by atoms with Gasteiger partial charge in [0.05, 0.1) is 5.02 Å². The number of nitrogens with one attached hydrogen (secondary N) is 1. The zero-order valence-corrected chi connectivity index (χ0v) is 12.1. The number of halogens is 2. The fraction of sp³-hybridized carbons (Fsp3) is 0.250. The summed E-state index contributed by atoms with van der Waals surface area (Å²) in [6, 6.07) is 11.1. The third-order valence-corrected chi connectivity index (χ3v) is 3.73. The highest BCUT2D eigenvalue weighted by Gasteiger charge is 2.10. The van der Waals surface area contributed by atoms with Crippen LogP contribution < -0.4 is 5.32 Å². The van der Waals surface area contributed by atoms with Crippen molar-refractivity contribution < 1.29 is 4.39 Å². The van der Waals surface area contributed by atoms with Crippen LogP contribution in [0.15, 0.2) is 36.4 Å². The van der Waals surface area contributed by atoms with Crippen LogP contribution in [0.5, 0.6) is 0 Å². The lowest BCUT2D eigenvalue weighted by atomic mass is 10.0. The number of benzene rings is 2. The van der Waals surface area contributed by atoms with E-state index >= 15 is 0 Å². The van der Waals surface area contributed by atoms with Gasteiger partial charge in [-0.05, 0) is 55.7 Å². The Hall–Kier alpha value is -1.54. The Kier molecular flexibility index (Phi) is 4.11. The van der Waals surface area contributed by atoms with Crippen LogP contribution in [0.4, 0.5) is 10.1 Å². The molecule has 0 bridgehead atoms. The fourth-order valence-corrected chi connectivity index (χ4v) is 2.12. The van der Waals surface area contributed by atoms with Gasteiger partial charge < -0.3 is 5.32 Å².